The zero-order valence-corrected chi connectivity index (χ0v) is 15.8. The van der Waals surface area contributed by atoms with E-state index in [-0.39, 0.29) is 24.4 Å². The van der Waals surface area contributed by atoms with E-state index in [1.165, 1.54) is 0 Å². The van der Waals surface area contributed by atoms with Gasteiger partial charge in [-0.1, -0.05) is 6.07 Å². The molecule has 0 atom stereocenters. The molecule has 1 saturated heterocycles. The molecule has 0 saturated carbocycles. The van der Waals surface area contributed by atoms with E-state index < -0.39 is 0 Å². The number of pyridine rings is 2. The molecule has 7 heteroatoms. The monoisotopic (exact) mass is 369 g/mol. The number of nitrogens with zero attached hydrogens (tertiary/aromatic N) is 3. The number of ketones is 1. The lowest BCUT2D eigenvalue weighted by Gasteiger charge is -2.37. The van der Waals surface area contributed by atoms with E-state index in [1.807, 2.05) is 26.0 Å². The van der Waals surface area contributed by atoms with E-state index >= 15 is 0 Å². The Bertz CT molecular complexity index is 830. The van der Waals surface area contributed by atoms with Crippen LogP contribution >= 0.6 is 0 Å². The summed E-state index contributed by atoms with van der Waals surface area (Å²) in [5.41, 5.74) is 2.82. The first-order valence-corrected chi connectivity index (χ1v) is 8.96. The van der Waals surface area contributed by atoms with E-state index in [9.17, 15) is 9.59 Å². The van der Waals surface area contributed by atoms with Crippen LogP contribution in [0.15, 0.2) is 30.5 Å². The fourth-order valence-electron chi connectivity index (χ4n) is 2.77. The van der Waals surface area contributed by atoms with Crippen LogP contribution in [0.2, 0.25) is 0 Å². The molecule has 0 bridgehead atoms. The second-order valence-corrected chi connectivity index (χ2v) is 6.60. The molecule has 1 fully saturated rings. The minimum Gasteiger partial charge on any atom is -0.487 e. The maximum absolute atomic E-state index is 12.6. The van der Waals surface area contributed by atoms with Gasteiger partial charge in [0.25, 0.3) is 0 Å². The molecule has 2 aromatic heterocycles. The lowest BCUT2D eigenvalue weighted by Crippen LogP contribution is -2.56. The summed E-state index contributed by atoms with van der Waals surface area (Å²) in [6.07, 6.45) is 1.49. The summed E-state index contributed by atoms with van der Waals surface area (Å²) in [5.74, 6) is 0.470. The number of carbonyl (C=O) groups excluding carboxylic acids is 2. The first-order chi connectivity index (χ1) is 12.9. The van der Waals surface area contributed by atoms with Gasteiger partial charge in [0.05, 0.1) is 26.1 Å². The lowest BCUT2D eigenvalue weighted by molar-refractivity contribution is 0.0126. The van der Waals surface area contributed by atoms with Crippen molar-refractivity contribution in [3.05, 3.63) is 53.1 Å². The summed E-state index contributed by atoms with van der Waals surface area (Å²) in [5, 5.41) is 0. The molecule has 3 rings (SSSR count). The van der Waals surface area contributed by atoms with Crippen LogP contribution < -0.4 is 4.74 Å². The largest absolute Gasteiger partial charge is 0.487 e. The SMILES string of the molecule is CCOC(=O)N1CC(Oc2cc(C)nc(C(=O)Cc3ccc(C)cn3)c2)C1. The minimum absolute atomic E-state index is 0.110. The minimum atomic E-state index is -0.329. The van der Waals surface area contributed by atoms with E-state index in [0.29, 0.717) is 42.5 Å². The van der Waals surface area contributed by atoms with Gasteiger partial charge in [0, 0.05) is 29.7 Å². The van der Waals surface area contributed by atoms with Crippen LogP contribution in [-0.2, 0) is 11.2 Å². The highest BCUT2D eigenvalue weighted by atomic mass is 16.6. The molecule has 0 aliphatic carbocycles. The number of amides is 1. The summed E-state index contributed by atoms with van der Waals surface area (Å²) in [4.78, 5) is 34.3. The molecule has 0 unspecified atom stereocenters. The number of aryl methyl sites for hydroxylation is 2. The van der Waals surface area contributed by atoms with E-state index in [0.717, 1.165) is 5.56 Å². The Morgan fingerprint density at radius 1 is 1.22 bits per heavy atom. The van der Waals surface area contributed by atoms with Crippen molar-refractivity contribution in [3.63, 3.8) is 0 Å². The summed E-state index contributed by atoms with van der Waals surface area (Å²) in [6, 6.07) is 7.21. The van der Waals surface area contributed by atoms with Crippen molar-refractivity contribution in [1.29, 1.82) is 0 Å². The van der Waals surface area contributed by atoms with Gasteiger partial charge < -0.3 is 14.4 Å². The highest BCUT2D eigenvalue weighted by Gasteiger charge is 2.33. The van der Waals surface area contributed by atoms with Crippen molar-refractivity contribution >= 4 is 11.9 Å². The molecular weight excluding hydrogens is 346 g/mol. The van der Waals surface area contributed by atoms with Gasteiger partial charge in [-0.25, -0.2) is 9.78 Å². The average Bonchev–Trinajstić information content (AvgIpc) is 2.59. The fourth-order valence-corrected chi connectivity index (χ4v) is 2.77. The molecule has 1 aliphatic heterocycles. The highest BCUT2D eigenvalue weighted by Crippen LogP contribution is 2.21. The van der Waals surface area contributed by atoms with Crippen LogP contribution in [0.5, 0.6) is 5.75 Å². The number of Topliss-reactive ketones (excluding diaryl/α,β-unsaturated/α-hetero) is 1. The van der Waals surface area contributed by atoms with E-state index in [1.54, 1.807) is 30.2 Å². The lowest BCUT2D eigenvalue weighted by atomic mass is 10.1. The molecule has 1 aliphatic rings. The van der Waals surface area contributed by atoms with Crippen LogP contribution in [0.1, 0.15) is 34.4 Å². The van der Waals surface area contributed by atoms with Crippen LogP contribution in [0.3, 0.4) is 0 Å². The number of ether oxygens (including phenoxy) is 2. The Labute approximate surface area is 158 Å². The Morgan fingerprint density at radius 3 is 2.67 bits per heavy atom. The van der Waals surface area contributed by atoms with Crippen molar-refractivity contribution in [2.24, 2.45) is 0 Å². The van der Waals surface area contributed by atoms with Crippen molar-refractivity contribution in [1.82, 2.24) is 14.9 Å². The Morgan fingerprint density at radius 2 is 2.00 bits per heavy atom. The van der Waals surface area contributed by atoms with Gasteiger partial charge >= 0.3 is 6.09 Å². The predicted molar refractivity (Wildman–Crippen MR) is 99.0 cm³/mol. The van der Waals surface area contributed by atoms with E-state index in [2.05, 4.69) is 9.97 Å². The third kappa shape index (κ3) is 4.81. The molecule has 0 N–H and O–H groups in total. The number of rotatable bonds is 6. The summed E-state index contributed by atoms with van der Waals surface area (Å²) >= 11 is 0. The maximum Gasteiger partial charge on any atom is 0.410 e. The standard InChI is InChI=1S/C20H23N3O4/c1-4-26-20(25)23-11-17(12-23)27-16-7-14(3)22-18(9-16)19(24)8-15-6-5-13(2)10-21-15/h5-7,9-10,17H,4,8,11-12H2,1-3H3. The normalized spacial score (nSPS) is 13.8. The fraction of sp³-hybridized carbons (Fsp3) is 0.400. The van der Waals surface area contributed by atoms with Crippen molar-refractivity contribution < 1.29 is 19.1 Å². The summed E-state index contributed by atoms with van der Waals surface area (Å²) in [6.45, 7) is 6.84. The van der Waals surface area contributed by atoms with Crippen molar-refractivity contribution in [3.8, 4) is 5.75 Å². The molecule has 27 heavy (non-hydrogen) atoms. The Kier molecular flexibility index (Phi) is 5.69. The summed E-state index contributed by atoms with van der Waals surface area (Å²) < 4.78 is 10.8. The zero-order valence-electron chi connectivity index (χ0n) is 15.8. The number of carbonyl (C=O) groups is 2. The topological polar surface area (TPSA) is 81.6 Å². The second-order valence-electron chi connectivity index (χ2n) is 6.60. The molecule has 2 aromatic rings. The zero-order chi connectivity index (χ0) is 19.4. The first kappa shape index (κ1) is 18.8. The predicted octanol–water partition coefficient (Wildman–Crippen LogP) is 2.74. The van der Waals surface area contributed by atoms with Gasteiger partial charge in [0.2, 0.25) is 0 Å². The Balaban J connectivity index is 1.62. The number of aromatic nitrogens is 2. The molecule has 0 aromatic carbocycles. The second kappa shape index (κ2) is 8.16. The molecule has 7 nitrogen and oxygen atoms in total. The van der Waals surface area contributed by atoms with Gasteiger partial charge in [-0.3, -0.25) is 9.78 Å². The molecule has 142 valence electrons. The number of likely N-dealkylation sites (tertiary alicyclic amines) is 1. The van der Waals surface area contributed by atoms with Gasteiger partial charge in [-0.2, -0.15) is 0 Å². The van der Waals surface area contributed by atoms with Gasteiger partial charge in [-0.05, 0) is 32.4 Å². The van der Waals surface area contributed by atoms with Gasteiger partial charge in [0.1, 0.15) is 17.5 Å². The smallest absolute Gasteiger partial charge is 0.410 e. The van der Waals surface area contributed by atoms with Crippen LogP contribution in [0.25, 0.3) is 0 Å². The van der Waals surface area contributed by atoms with E-state index in [4.69, 9.17) is 9.47 Å². The molecule has 1 amide bonds. The van der Waals surface area contributed by atoms with Crippen LogP contribution in [0, 0.1) is 13.8 Å². The summed E-state index contributed by atoms with van der Waals surface area (Å²) in [7, 11) is 0. The molecule has 3 heterocycles. The van der Waals surface area contributed by atoms with Gasteiger partial charge in [-0.15, -0.1) is 0 Å². The number of hydrogen-bond donors (Lipinski definition) is 0. The maximum atomic E-state index is 12.6. The van der Waals surface area contributed by atoms with Crippen molar-refractivity contribution in [2.75, 3.05) is 19.7 Å². The third-order valence-electron chi connectivity index (χ3n) is 4.20. The Hall–Kier alpha value is -2.96. The quantitative estimate of drug-likeness (QED) is 0.728. The highest BCUT2D eigenvalue weighted by molar-refractivity contribution is 5.95. The van der Waals surface area contributed by atoms with Crippen molar-refractivity contribution in [2.45, 2.75) is 33.3 Å². The average molecular weight is 369 g/mol. The molecule has 0 radical (unpaired) electrons. The number of hydrogen-bond acceptors (Lipinski definition) is 6. The molecular formula is C20H23N3O4. The third-order valence-corrected chi connectivity index (χ3v) is 4.20. The van der Waals surface area contributed by atoms with Crippen LogP contribution in [-0.4, -0.2) is 52.5 Å². The van der Waals surface area contributed by atoms with Gasteiger partial charge in [0.15, 0.2) is 5.78 Å². The molecule has 0 spiro atoms. The first-order valence-electron chi connectivity index (χ1n) is 8.96. The van der Waals surface area contributed by atoms with Crippen LogP contribution in [0.4, 0.5) is 4.79 Å².